The van der Waals surface area contributed by atoms with Crippen molar-refractivity contribution in [1.82, 2.24) is 10.2 Å². The number of nitrogens with one attached hydrogen (secondary N) is 2. The lowest BCUT2D eigenvalue weighted by molar-refractivity contribution is 0.102. The summed E-state index contributed by atoms with van der Waals surface area (Å²) in [5, 5.41) is 14.1. The number of nitrogens with zero attached hydrogens (tertiary/aromatic N) is 2. The highest BCUT2D eigenvalue weighted by atomic mass is 16.5. The fourth-order valence-corrected chi connectivity index (χ4v) is 2.63. The molecule has 0 saturated heterocycles. The summed E-state index contributed by atoms with van der Waals surface area (Å²) in [4.78, 5) is 12.5. The maximum absolute atomic E-state index is 12.5. The minimum absolute atomic E-state index is 0.199. The zero-order valence-corrected chi connectivity index (χ0v) is 16.2. The van der Waals surface area contributed by atoms with E-state index in [-0.39, 0.29) is 11.6 Å². The van der Waals surface area contributed by atoms with Crippen molar-refractivity contribution in [3.63, 3.8) is 0 Å². The van der Waals surface area contributed by atoms with Crippen molar-refractivity contribution in [2.75, 3.05) is 24.9 Å². The predicted molar refractivity (Wildman–Crippen MR) is 109 cm³/mol. The molecule has 144 valence electrons. The minimum atomic E-state index is -0.380. The van der Waals surface area contributed by atoms with E-state index in [0.717, 1.165) is 11.3 Å². The molecule has 0 fully saturated rings. The predicted octanol–water partition coefficient (Wildman–Crippen LogP) is 4.11. The van der Waals surface area contributed by atoms with Gasteiger partial charge in [-0.1, -0.05) is 12.1 Å². The van der Waals surface area contributed by atoms with Crippen molar-refractivity contribution in [3.05, 3.63) is 65.4 Å². The van der Waals surface area contributed by atoms with E-state index in [9.17, 15) is 4.79 Å². The van der Waals surface area contributed by atoms with Crippen molar-refractivity contribution in [3.8, 4) is 11.5 Å². The summed E-state index contributed by atoms with van der Waals surface area (Å²) < 4.78 is 10.4. The van der Waals surface area contributed by atoms with Crippen molar-refractivity contribution in [2.24, 2.45) is 0 Å². The first-order valence-electron chi connectivity index (χ1n) is 8.72. The van der Waals surface area contributed by atoms with Gasteiger partial charge in [0.2, 0.25) is 0 Å². The number of aromatic nitrogens is 2. The molecule has 0 atom stereocenters. The fourth-order valence-electron chi connectivity index (χ4n) is 2.63. The SMILES string of the molecule is COc1ccc(NC(=O)c2ccc(Nc3cccc(C)c3C)nn2)c(OC)c1. The van der Waals surface area contributed by atoms with Crippen LogP contribution in [0.25, 0.3) is 0 Å². The molecule has 1 aromatic heterocycles. The molecule has 3 rings (SSSR count). The van der Waals surface area contributed by atoms with Crippen LogP contribution in [0, 0.1) is 13.8 Å². The first-order valence-corrected chi connectivity index (χ1v) is 8.72. The molecule has 0 saturated carbocycles. The summed E-state index contributed by atoms with van der Waals surface area (Å²) in [6.45, 7) is 4.09. The Morgan fingerprint density at radius 1 is 0.929 bits per heavy atom. The van der Waals surface area contributed by atoms with Crippen LogP contribution in [0.1, 0.15) is 21.6 Å². The molecule has 28 heavy (non-hydrogen) atoms. The van der Waals surface area contributed by atoms with E-state index in [1.165, 1.54) is 12.7 Å². The molecule has 2 N–H and O–H groups in total. The Morgan fingerprint density at radius 2 is 1.75 bits per heavy atom. The van der Waals surface area contributed by atoms with E-state index in [1.54, 1.807) is 37.4 Å². The van der Waals surface area contributed by atoms with Crippen LogP contribution in [-0.2, 0) is 0 Å². The Hall–Kier alpha value is -3.61. The second kappa shape index (κ2) is 8.39. The summed E-state index contributed by atoms with van der Waals surface area (Å²) in [5.41, 5.74) is 3.99. The lowest BCUT2D eigenvalue weighted by atomic mass is 10.1. The molecule has 0 aliphatic heterocycles. The lowest BCUT2D eigenvalue weighted by Gasteiger charge is -2.12. The number of carbonyl (C=O) groups is 1. The number of methoxy groups -OCH3 is 2. The van der Waals surface area contributed by atoms with Gasteiger partial charge in [0.1, 0.15) is 11.5 Å². The third kappa shape index (κ3) is 4.20. The summed E-state index contributed by atoms with van der Waals surface area (Å²) >= 11 is 0. The molecular formula is C21H22N4O3. The monoisotopic (exact) mass is 378 g/mol. The Bertz CT molecular complexity index is 987. The van der Waals surface area contributed by atoms with Crippen molar-refractivity contribution in [1.29, 1.82) is 0 Å². The van der Waals surface area contributed by atoms with Gasteiger partial charge in [-0.3, -0.25) is 4.79 Å². The molecule has 0 spiro atoms. The van der Waals surface area contributed by atoms with Crippen LogP contribution >= 0.6 is 0 Å². The molecule has 0 bridgehead atoms. The molecule has 7 nitrogen and oxygen atoms in total. The van der Waals surface area contributed by atoms with E-state index in [4.69, 9.17) is 9.47 Å². The van der Waals surface area contributed by atoms with Gasteiger partial charge in [0.25, 0.3) is 5.91 Å². The topological polar surface area (TPSA) is 85.4 Å². The van der Waals surface area contributed by atoms with Crippen LogP contribution < -0.4 is 20.1 Å². The summed E-state index contributed by atoms with van der Waals surface area (Å²) in [7, 11) is 3.09. The molecule has 0 aliphatic rings. The fraction of sp³-hybridized carbons (Fsp3) is 0.190. The highest BCUT2D eigenvalue weighted by molar-refractivity contribution is 6.03. The average molecular weight is 378 g/mol. The highest BCUT2D eigenvalue weighted by Crippen LogP contribution is 2.29. The normalized spacial score (nSPS) is 10.3. The van der Waals surface area contributed by atoms with E-state index < -0.39 is 0 Å². The first kappa shape index (κ1) is 19.2. The van der Waals surface area contributed by atoms with Crippen LogP contribution in [0.3, 0.4) is 0 Å². The number of anilines is 3. The van der Waals surface area contributed by atoms with Gasteiger partial charge in [0.15, 0.2) is 11.5 Å². The lowest BCUT2D eigenvalue weighted by Crippen LogP contribution is -2.15. The van der Waals surface area contributed by atoms with Crippen molar-refractivity contribution < 1.29 is 14.3 Å². The third-order valence-electron chi connectivity index (χ3n) is 4.42. The maximum Gasteiger partial charge on any atom is 0.276 e. The van der Waals surface area contributed by atoms with Gasteiger partial charge in [-0.05, 0) is 55.3 Å². The first-order chi connectivity index (χ1) is 13.5. The van der Waals surface area contributed by atoms with Crippen LogP contribution in [0.2, 0.25) is 0 Å². The van der Waals surface area contributed by atoms with Crippen LogP contribution in [0.5, 0.6) is 11.5 Å². The zero-order chi connectivity index (χ0) is 20.1. The van der Waals surface area contributed by atoms with Crippen molar-refractivity contribution >= 4 is 23.1 Å². The highest BCUT2D eigenvalue weighted by Gasteiger charge is 2.13. The van der Waals surface area contributed by atoms with Crippen LogP contribution in [0.4, 0.5) is 17.2 Å². The van der Waals surface area contributed by atoms with Crippen molar-refractivity contribution in [2.45, 2.75) is 13.8 Å². The summed E-state index contributed by atoms with van der Waals surface area (Å²) in [6.07, 6.45) is 0. The number of ether oxygens (including phenoxy) is 2. The molecule has 0 radical (unpaired) electrons. The molecule has 2 aromatic carbocycles. The van der Waals surface area contributed by atoms with E-state index in [2.05, 4.69) is 20.8 Å². The molecule has 7 heteroatoms. The average Bonchev–Trinajstić information content (AvgIpc) is 2.72. The molecular weight excluding hydrogens is 356 g/mol. The van der Waals surface area contributed by atoms with Gasteiger partial charge < -0.3 is 20.1 Å². The minimum Gasteiger partial charge on any atom is -0.497 e. The van der Waals surface area contributed by atoms with Gasteiger partial charge in [-0.2, -0.15) is 0 Å². The van der Waals surface area contributed by atoms with E-state index in [1.807, 2.05) is 32.0 Å². The second-order valence-electron chi connectivity index (χ2n) is 6.20. The molecule has 1 amide bonds. The Labute approximate surface area is 163 Å². The Kier molecular flexibility index (Phi) is 5.74. The van der Waals surface area contributed by atoms with E-state index >= 15 is 0 Å². The number of hydrogen-bond donors (Lipinski definition) is 2. The molecule has 1 heterocycles. The number of hydrogen-bond acceptors (Lipinski definition) is 6. The molecule has 0 unspecified atom stereocenters. The number of carbonyl (C=O) groups excluding carboxylic acids is 1. The summed E-state index contributed by atoms with van der Waals surface area (Å²) in [6, 6.07) is 14.5. The van der Waals surface area contributed by atoms with Gasteiger partial charge in [0.05, 0.1) is 19.9 Å². The van der Waals surface area contributed by atoms with Gasteiger partial charge in [0, 0.05) is 11.8 Å². The number of benzene rings is 2. The Balaban J connectivity index is 1.73. The number of amides is 1. The van der Waals surface area contributed by atoms with Gasteiger partial charge in [-0.15, -0.1) is 10.2 Å². The van der Waals surface area contributed by atoms with Crippen LogP contribution in [0.15, 0.2) is 48.5 Å². The summed E-state index contributed by atoms with van der Waals surface area (Å²) in [5.74, 6) is 1.31. The van der Waals surface area contributed by atoms with Gasteiger partial charge >= 0.3 is 0 Å². The third-order valence-corrected chi connectivity index (χ3v) is 4.42. The number of aryl methyl sites for hydroxylation is 1. The van der Waals surface area contributed by atoms with Gasteiger partial charge in [-0.25, -0.2) is 0 Å². The smallest absolute Gasteiger partial charge is 0.276 e. The van der Waals surface area contributed by atoms with E-state index in [0.29, 0.717) is 23.0 Å². The van der Waals surface area contributed by atoms with Crippen LogP contribution in [-0.4, -0.2) is 30.3 Å². The molecule has 3 aromatic rings. The Morgan fingerprint density at radius 3 is 2.43 bits per heavy atom. The second-order valence-corrected chi connectivity index (χ2v) is 6.20. The maximum atomic E-state index is 12.5. The standard InChI is InChI=1S/C21H22N4O3/c1-13-6-5-7-16(14(13)2)22-20-11-10-18(24-25-20)21(26)23-17-9-8-15(27-3)12-19(17)28-4/h5-12H,1-4H3,(H,22,25)(H,23,26). The largest absolute Gasteiger partial charge is 0.497 e. The number of rotatable bonds is 6. The molecule has 0 aliphatic carbocycles. The zero-order valence-electron chi connectivity index (χ0n) is 16.2. The quantitative estimate of drug-likeness (QED) is 0.671.